The molecular formula is C32H39NO6. The van der Waals surface area contributed by atoms with Crippen molar-refractivity contribution in [1.29, 1.82) is 0 Å². The van der Waals surface area contributed by atoms with E-state index in [1.165, 1.54) is 0 Å². The second-order valence-electron chi connectivity index (χ2n) is 10.6. The Morgan fingerprint density at radius 2 is 1.10 bits per heavy atom. The summed E-state index contributed by atoms with van der Waals surface area (Å²) in [6.07, 6.45) is -3.69. The van der Waals surface area contributed by atoms with Crippen LogP contribution in [0.25, 0.3) is 0 Å². The highest BCUT2D eigenvalue weighted by atomic mass is 16.6. The quantitative estimate of drug-likeness (QED) is 0.354. The van der Waals surface area contributed by atoms with Crippen molar-refractivity contribution >= 4 is 5.97 Å². The molecule has 3 aromatic rings. The van der Waals surface area contributed by atoms with E-state index in [4.69, 9.17) is 29.4 Å². The van der Waals surface area contributed by atoms with Gasteiger partial charge in [-0.3, -0.25) is 0 Å². The molecule has 0 bridgehead atoms. The van der Waals surface area contributed by atoms with E-state index in [-0.39, 0.29) is 13.2 Å². The van der Waals surface area contributed by atoms with E-state index in [1.54, 1.807) is 0 Å². The van der Waals surface area contributed by atoms with Gasteiger partial charge in [0.25, 0.3) is 0 Å². The van der Waals surface area contributed by atoms with Crippen LogP contribution in [0.1, 0.15) is 37.5 Å². The van der Waals surface area contributed by atoms with Crippen molar-refractivity contribution in [1.82, 2.24) is 0 Å². The van der Waals surface area contributed by atoms with E-state index in [9.17, 15) is 4.79 Å². The zero-order chi connectivity index (χ0) is 27.7. The molecule has 0 saturated carbocycles. The van der Waals surface area contributed by atoms with Crippen LogP contribution >= 0.6 is 0 Å². The van der Waals surface area contributed by atoms with Crippen molar-refractivity contribution in [2.45, 2.75) is 76.7 Å². The fourth-order valence-corrected chi connectivity index (χ4v) is 4.53. The summed E-state index contributed by atoms with van der Waals surface area (Å²) < 4.78 is 31.4. The van der Waals surface area contributed by atoms with Gasteiger partial charge in [-0.2, -0.15) is 0 Å². The molecule has 39 heavy (non-hydrogen) atoms. The number of carbonyl (C=O) groups is 1. The molecule has 1 aliphatic heterocycles. The molecule has 0 radical (unpaired) electrons. The molecule has 2 N–H and O–H groups in total. The van der Waals surface area contributed by atoms with Crippen LogP contribution in [0.3, 0.4) is 0 Å². The first kappa shape index (κ1) is 28.9. The minimum atomic E-state index is -1.04. The summed E-state index contributed by atoms with van der Waals surface area (Å²) in [7, 11) is 0. The van der Waals surface area contributed by atoms with Crippen LogP contribution in [0.4, 0.5) is 0 Å². The monoisotopic (exact) mass is 533 g/mol. The Morgan fingerprint density at radius 1 is 0.692 bits per heavy atom. The van der Waals surface area contributed by atoms with Gasteiger partial charge in [-0.1, -0.05) is 91.0 Å². The van der Waals surface area contributed by atoms with Crippen LogP contribution < -0.4 is 5.73 Å². The minimum absolute atomic E-state index is 0.134. The maximum Gasteiger partial charge on any atom is 0.338 e. The molecule has 0 spiro atoms. The van der Waals surface area contributed by atoms with Gasteiger partial charge < -0.3 is 29.4 Å². The third-order valence-electron chi connectivity index (χ3n) is 6.36. The molecule has 3 aromatic carbocycles. The molecule has 5 atom stereocenters. The van der Waals surface area contributed by atoms with Gasteiger partial charge in [0.1, 0.15) is 23.9 Å². The number of hydrogen-bond donors (Lipinski definition) is 1. The van der Waals surface area contributed by atoms with E-state index < -0.39 is 42.1 Å². The Hall–Kier alpha value is -3.07. The maximum atomic E-state index is 13.4. The minimum Gasteiger partial charge on any atom is -0.458 e. The highest BCUT2D eigenvalue weighted by Crippen LogP contribution is 2.31. The lowest BCUT2D eigenvalue weighted by Gasteiger charge is -2.45. The zero-order valence-corrected chi connectivity index (χ0v) is 22.9. The van der Waals surface area contributed by atoms with E-state index in [0.717, 1.165) is 16.7 Å². The van der Waals surface area contributed by atoms with Gasteiger partial charge in [0.2, 0.25) is 0 Å². The molecule has 1 aliphatic rings. The van der Waals surface area contributed by atoms with Gasteiger partial charge in [0.05, 0.1) is 25.9 Å². The van der Waals surface area contributed by atoms with Crippen LogP contribution in [0.15, 0.2) is 91.0 Å². The van der Waals surface area contributed by atoms with Crippen molar-refractivity contribution in [2.24, 2.45) is 5.73 Å². The summed E-state index contributed by atoms with van der Waals surface area (Å²) in [6.45, 7) is 6.50. The lowest BCUT2D eigenvalue weighted by Crippen LogP contribution is -2.64. The van der Waals surface area contributed by atoms with Crippen molar-refractivity contribution < 1.29 is 28.5 Å². The second kappa shape index (κ2) is 13.8. The average Bonchev–Trinajstić information content (AvgIpc) is 2.94. The summed E-state index contributed by atoms with van der Waals surface area (Å²) in [5.74, 6) is -0.520. The topological polar surface area (TPSA) is 89.2 Å². The van der Waals surface area contributed by atoms with Crippen LogP contribution in [-0.4, -0.2) is 48.6 Å². The summed E-state index contributed by atoms with van der Waals surface area (Å²) in [5, 5.41) is 0. The molecule has 7 nitrogen and oxygen atoms in total. The fourth-order valence-electron chi connectivity index (χ4n) is 4.53. The third kappa shape index (κ3) is 8.46. The fraction of sp³-hybridized carbons (Fsp3) is 0.406. The lowest BCUT2D eigenvalue weighted by molar-refractivity contribution is -0.266. The predicted octanol–water partition coefficient (Wildman–Crippen LogP) is 4.81. The largest absolute Gasteiger partial charge is 0.458 e. The molecule has 1 heterocycles. The molecule has 208 valence electrons. The van der Waals surface area contributed by atoms with E-state index in [0.29, 0.717) is 13.2 Å². The molecule has 1 fully saturated rings. The SMILES string of the molecule is CC(C)(C)OC(=O)[C@@H]1O[C@H](CN)[C@@H](OCc2ccccc2)[C@H](OCc2ccccc2)[C@H]1OCc1ccccc1. The Balaban J connectivity index is 1.65. The molecular weight excluding hydrogens is 494 g/mol. The van der Waals surface area contributed by atoms with Gasteiger partial charge in [-0.05, 0) is 37.5 Å². The maximum absolute atomic E-state index is 13.4. The number of ether oxygens (including phenoxy) is 5. The molecule has 0 aliphatic carbocycles. The number of esters is 1. The lowest BCUT2D eigenvalue weighted by atomic mass is 9.93. The standard InChI is InChI=1S/C32H39NO6/c1-32(2,3)39-31(34)30-29(37-22-25-17-11-6-12-18-25)28(36-21-24-15-9-5-10-16-24)27(26(19-33)38-30)35-20-23-13-7-4-8-14-23/h4-18,26-30H,19-22,33H2,1-3H3/t26-,27-,28+,29-,30-/m1/s1. The molecule has 4 rings (SSSR count). The van der Waals surface area contributed by atoms with Crippen LogP contribution in [-0.2, 0) is 48.3 Å². The zero-order valence-electron chi connectivity index (χ0n) is 22.9. The summed E-state index contributed by atoms with van der Waals surface area (Å²) in [5.41, 5.74) is 8.43. The van der Waals surface area contributed by atoms with E-state index in [2.05, 4.69) is 0 Å². The summed E-state index contributed by atoms with van der Waals surface area (Å²) in [4.78, 5) is 13.4. The van der Waals surface area contributed by atoms with Crippen molar-refractivity contribution in [3.05, 3.63) is 108 Å². The number of rotatable bonds is 11. The molecule has 1 saturated heterocycles. The van der Waals surface area contributed by atoms with Gasteiger partial charge >= 0.3 is 5.97 Å². The van der Waals surface area contributed by atoms with Gasteiger partial charge in [0.15, 0.2) is 6.10 Å². The second-order valence-corrected chi connectivity index (χ2v) is 10.6. The summed E-state index contributed by atoms with van der Waals surface area (Å²) >= 11 is 0. The molecule has 0 aromatic heterocycles. The Kier molecular flexibility index (Phi) is 10.3. The first-order chi connectivity index (χ1) is 18.8. The number of hydrogen-bond acceptors (Lipinski definition) is 7. The van der Waals surface area contributed by atoms with Crippen LogP contribution in [0.5, 0.6) is 0 Å². The third-order valence-corrected chi connectivity index (χ3v) is 6.36. The highest BCUT2D eigenvalue weighted by molar-refractivity contribution is 5.76. The van der Waals surface area contributed by atoms with Crippen molar-refractivity contribution in [2.75, 3.05) is 6.54 Å². The Bertz CT molecular complexity index is 1140. The first-order valence-electron chi connectivity index (χ1n) is 13.4. The Labute approximate surface area is 231 Å². The van der Waals surface area contributed by atoms with Gasteiger partial charge in [0, 0.05) is 6.54 Å². The van der Waals surface area contributed by atoms with Gasteiger partial charge in [-0.15, -0.1) is 0 Å². The predicted molar refractivity (Wildman–Crippen MR) is 149 cm³/mol. The normalized spacial score (nSPS) is 23.3. The van der Waals surface area contributed by atoms with Crippen molar-refractivity contribution in [3.8, 4) is 0 Å². The van der Waals surface area contributed by atoms with Crippen LogP contribution in [0, 0.1) is 0 Å². The Morgan fingerprint density at radius 3 is 1.51 bits per heavy atom. The summed E-state index contributed by atoms with van der Waals surface area (Å²) in [6, 6.07) is 29.5. The van der Waals surface area contributed by atoms with E-state index in [1.807, 2.05) is 112 Å². The van der Waals surface area contributed by atoms with Crippen LogP contribution in [0.2, 0.25) is 0 Å². The molecule has 7 heteroatoms. The van der Waals surface area contributed by atoms with Crippen molar-refractivity contribution in [3.63, 3.8) is 0 Å². The van der Waals surface area contributed by atoms with E-state index >= 15 is 0 Å². The number of nitrogens with two attached hydrogens (primary N) is 1. The number of carbonyl (C=O) groups excluding carboxylic acids is 1. The highest BCUT2D eigenvalue weighted by Gasteiger charge is 2.51. The smallest absolute Gasteiger partial charge is 0.338 e. The number of benzene rings is 3. The molecule has 0 amide bonds. The first-order valence-corrected chi connectivity index (χ1v) is 13.4. The average molecular weight is 534 g/mol. The van der Waals surface area contributed by atoms with Gasteiger partial charge in [-0.25, -0.2) is 4.79 Å². The molecule has 0 unspecified atom stereocenters.